The van der Waals surface area contributed by atoms with Crippen LogP contribution in [0.3, 0.4) is 0 Å². The highest BCUT2D eigenvalue weighted by molar-refractivity contribution is 7.84. The van der Waals surface area contributed by atoms with Gasteiger partial charge >= 0.3 is 5.97 Å². The van der Waals surface area contributed by atoms with Crippen molar-refractivity contribution in [1.82, 2.24) is 0 Å². The van der Waals surface area contributed by atoms with Crippen molar-refractivity contribution in [3.63, 3.8) is 0 Å². The van der Waals surface area contributed by atoms with Crippen molar-refractivity contribution < 1.29 is 14.1 Å². The molecule has 2 atom stereocenters. The fourth-order valence-corrected chi connectivity index (χ4v) is 3.47. The topological polar surface area (TPSA) is 54.4 Å². The van der Waals surface area contributed by atoms with Gasteiger partial charge in [-0.2, -0.15) is 0 Å². The maximum Gasteiger partial charge on any atom is 0.304 e. The molecule has 0 saturated heterocycles. The minimum Gasteiger partial charge on any atom is -0.481 e. The molecule has 1 N–H and O–H groups in total. The third-order valence-electron chi connectivity index (χ3n) is 3.66. The lowest BCUT2D eigenvalue weighted by molar-refractivity contribution is -0.137. The summed E-state index contributed by atoms with van der Waals surface area (Å²) in [5, 5.41) is 8.98. The number of hydrogen-bond donors (Lipinski definition) is 1. The van der Waals surface area contributed by atoms with Crippen LogP contribution in [-0.4, -0.2) is 15.3 Å². The second-order valence-corrected chi connectivity index (χ2v) is 7.04. The smallest absolute Gasteiger partial charge is 0.304 e. The van der Waals surface area contributed by atoms with Gasteiger partial charge in [-0.25, -0.2) is 0 Å². The maximum absolute atomic E-state index is 12.5. The molecule has 24 heavy (non-hydrogen) atoms. The summed E-state index contributed by atoms with van der Waals surface area (Å²) in [6.07, 6.45) is -0.0351. The summed E-state index contributed by atoms with van der Waals surface area (Å²) in [6, 6.07) is 15.2. The molecule has 0 amide bonds. The lowest BCUT2D eigenvalue weighted by Crippen LogP contribution is -2.05. The van der Waals surface area contributed by atoms with E-state index in [-0.39, 0.29) is 12.3 Å². The fraction of sp³-hybridized carbons (Fsp3) is 0.250. The number of rotatable bonds is 6. The lowest BCUT2D eigenvalue weighted by atomic mass is 9.96. The monoisotopic (exact) mass is 340 g/mol. The average Bonchev–Trinajstić information content (AvgIpc) is 2.56. The van der Waals surface area contributed by atoms with Gasteiger partial charge in [0.2, 0.25) is 0 Å². The van der Waals surface area contributed by atoms with Gasteiger partial charge in [-0.05, 0) is 37.1 Å². The molecule has 2 unspecified atom stereocenters. The van der Waals surface area contributed by atoms with Gasteiger partial charge in [0.05, 0.1) is 28.9 Å². The summed E-state index contributed by atoms with van der Waals surface area (Å²) < 4.78 is 12.5. The Bertz CT molecular complexity index is 780. The number of aryl methyl sites for hydroxylation is 1. The Hall–Kier alpha value is -2.38. The van der Waals surface area contributed by atoms with Crippen molar-refractivity contribution in [1.29, 1.82) is 0 Å². The summed E-state index contributed by atoms with van der Waals surface area (Å²) in [7, 11) is -1.13. The van der Waals surface area contributed by atoms with Gasteiger partial charge < -0.3 is 5.11 Å². The van der Waals surface area contributed by atoms with Crippen LogP contribution in [0.5, 0.6) is 0 Å². The minimum absolute atomic E-state index is 0.0351. The fourth-order valence-electron chi connectivity index (χ4n) is 2.37. The van der Waals surface area contributed by atoms with Crippen LogP contribution in [0.25, 0.3) is 0 Å². The SMILES string of the molecule is CC#CC(CC(=O)O)c1ccc(S(=O)Cc2ccc(C)cc2)cc1. The first-order valence-corrected chi connectivity index (χ1v) is 8.99. The summed E-state index contributed by atoms with van der Waals surface area (Å²) in [5.74, 6) is 4.93. The highest BCUT2D eigenvalue weighted by atomic mass is 32.2. The molecule has 0 radical (unpaired) electrons. The van der Waals surface area contributed by atoms with Gasteiger partial charge in [0, 0.05) is 4.90 Å². The van der Waals surface area contributed by atoms with E-state index in [1.165, 1.54) is 5.56 Å². The van der Waals surface area contributed by atoms with Gasteiger partial charge in [-0.3, -0.25) is 9.00 Å². The molecule has 0 aliphatic rings. The Morgan fingerprint density at radius 3 is 2.29 bits per heavy atom. The van der Waals surface area contributed by atoms with E-state index >= 15 is 0 Å². The molecule has 4 heteroatoms. The molecule has 2 rings (SSSR count). The molecule has 124 valence electrons. The van der Waals surface area contributed by atoms with E-state index in [9.17, 15) is 9.00 Å². The maximum atomic E-state index is 12.5. The largest absolute Gasteiger partial charge is 0.481 e. The van der Waals surface area contributed by atoms with E-state index < -0.39 is 16.8 Å². The van der Waals surface area contributed by atoms with Crippen molar-refractivity contribution in [3.8, 4) is 11.8 Å². The average molecular weight is 340 g/mol. The van der Waals surface area contributed by atoms with Crippen molar-refractivity contribution in [2.45, 2.75) is 36.8 Å². The zero-order chi connectivity index (χ0) is 17.5. The second kappa shape index (κ2) is 8.47. The highest BCUT2D eigenvalue weighted by Crippen LogP contribution is 2.21. The van der Waals surface area contributed by atoms with Crippen LogP contribution in [0.2, 0.25) is 0 Å². The van der Waals surface area contributed by atoms with Crippen LogP contribution in [0.1, 0.15) is 36.0 Å². The van der Waals surface area contributed by atoms with Crippen molar-refractivity contribution >= 4 is 16.8 Å². The van der Waals surface area contributed by atoms with Crippen molar-refractivity contribution in [2.75, 3.05) is 0 Å². The molecule has 0 spiro atoms. The van der Waals surface area contributed by atoms with Crippen LogP contribution in [0.15, 0.2) is 53.4 Å². The zero-order valence-corrected chi connectivity index (χ0v) is 14.6. The van der Waals surface area contributed by atoms with E-state index in [0.29, 0.717) is 5.75 Å². The molecule has 3 nitrogen and oxygen atoms in total. The quantitative estimate of drug-likeness (QED) is 0.812. The molecule has 0 aliphatic heterocycles. The summed E-state index contributed by atoms with van der Waals surface area (Å²) >= 11 is 0. The summed E-state index contributed by atoms with van der Waals surface area (Å²) in [5.41, 5.74) is 3.04. The number of carbonyl (C=O) groups is 1. The number of hydrogen-bond acceptors (Lipinski definition) is 2. The number of benzene rings is 2. The van der Waals surface area contributed by atoms with Gasteiger partial charge in [-0.15, -0.1) is 5.92 Å². The lowest BCUT2D eigenvalue weighted by Gasteiger charge is -2.10. The Morgan fingerprint density at radius 1 is 1.12 bits per heavy atom. The first-order valence-electron chi connectivity index (χ1n) is 7.67. The van der Waals surface area contributed by atoms with E-state index in [0.717, 1.165) is 16.0 Å². The molecule has 0 heterocycles. The van der Waals surface area contributed by atoms with Crippen molar-refractivity contribution in [3.05, 3.63) is 65.2 Å². The molecule has 0 aliphatic carbocycles. The van der Waals surface area contributed by atoms with Crippen LogP contribution in [0, 0.1) is 18.8 Å². The first kappa shape index (κ1) is 18.0. The van der Waals surface area contributed by atoms with Gasteiger partial charge in [0.25, 0.3) is 0 Å². The Balaban J connectivity index is 2.12. The van der Waals surface area contributed by atoms with Crippen LogP contribution >= 0.6 is 0 Å². The van der Waals surface area contributed by atoms with Crippen LogP contribution in [0.4, 0.5) is 0 Å². The molecular formula is C20H20O3S. The molecule has 2 aromatic rings. The van der Waals surface area contributed by atoms with Crippen molar-refractivity contribution in [2.24, 2.45) is 0 Å². The Morgan fingerprint density at radius 2 is 1.75 bits per heavy atom. The van der Waals surface area contributed by atoms with Gasteiger partial charge in [0.15, 0.2) is 0 Å². The third-order valence-corrected chi connectivity index (χ3v) is 5.05. The Kier molecular flexibility index (Phi) is 6.34. The third kappa shape index (κ3) is 5.07. The number of carboxylic acid groups (broad SMARTS) is 1. The predicted octanol–water partition coefficient (Wildman–Crippen LogP) is 3.88. The number of carboxylic acids is 1. The summed E-state index contributed by atoms with van der Waals surface area (Å²) in [4.78, 5) is 11.7. The molecule has 2 aromatic carbocycles. The van der Waals surface area contributed by atoms with Gasteiger partial charge in [0.1, 0.15) is 0 Å². The summed E-state index contributed by atoms with van der Waals surface area (Å²) in [6.45, 7) is 3.71. The first-order chi connectivity index (χ1) is 11.5. The predicted molar refractivity (Wildman–Crippen MR) is 96.2 cm³/mol. The van der Waals surface area contributed by atoms with E-state index in [1.54, 1.807) is 19.1 Å². The molecular weight excluding hydrogens is 320 g/mol. The van der Waals surface area contributed by atoms with E-state index in [4.69, 9.17) is 5.11 Å². The zero-order valence-electron chi connectivity index (χ0n) is 13.8. The molecule has 0 saturated carbocycles. The second-order valence-electron chi connectivity index (χ2n) is 5.59. The van der Waals surface area contributed by atoms with Crippen LogP contribution in [-0.2, 0) is 21.3 Å². The van der Waals surface area contributed by atoms with Gasteiger partial charge in [-0.1, -0.05) is 47.9 Å². The van der Waals surface area contributed by atoms with E-state index in [2.05, 4.69) is 11.8 Å². The molecule has 0 bridgehead atoms. The number of aliphatic carboxylic acids is 1. The molecule has 0 fully saturated rings. The van der Waals surface area contributed by atoms with E-state index in [1.807, 2.05) is 43.3 Å². The standard InChI is InChI=1S/C20H20O3S/c1-3-4-18(13-20(21)22)17-9-11-19(12-10-17)24(23)14-16-7-5-15(2)6-8-16/h5-12,18H,13-14H2,1-2H3,(H,21,22). The highest BCUT2D eigenvalue weighted by Gasteiger charge is 2.14. The molecule has 0 aromatic heterocycles. The minimum atomic E-state index is -1.13. The Labute approximate surface area is 145 Å². The van der Waals surface area contributed by atoms with Crippen LogP contribution < -0.4 is 0 Å². The normalized spacial score (nSPS) is 12.8.